The van der Waals surface area contributed by atoms with E-state index in [-0.39, 0.29) is 0 Å². The topological polar surface area (TPSA) is 30.5 Å². The number of ether oxygens (including phenoxy) is 2. The van der Waals surface area contributed by atoms with Gasteiger partial charge in [-0.05, 0) is 42.9 Å². The number of methoxy groups -OCH3 is 1. The van der Waals surface area contributed by atoms with Crippen LogP contribution in [-0.4, -0.2) is 18.9 Å². The van der Waals surface area contributed by atoms with E-state index in [2.05, 4.69) is 5.32 Å². The molecule has 0 amide bonds. The first-order valence-corrected chi connectivity index (χ1v) is 5.25. The maximum absolute atomic E-state index is 5.24. The molecule has 0 saturated carbocycles. The largest absolute Gasteiger partial charge is 0.497 e. The Morgan fingerprint density at radius 2 is 2.00 bits per heavy atom. The highest BCUT2D eigenvalue weighted by atomic mass is 32.1. The zero-order valence-electron chi connectivity index (χ0n) is 8.95. The molecule has 0 aromatic heterocycles. The molecule has 0 saturated heterocycles. The highest BCUT2D eigenvalue weighted by Gasteiger charge is 1.98. The van der Waals surface area contributed by atoms with Crippen LogP contribution in [0, 0.1) is 0 Å². The molecule has 0 bridgehead atoms. The van der Waals surface area contributed by atoms with Gasteiger partial charge in [-0.2, -0.15) is 0 Å². The molecule has 0 spiro atoms. The first-order chi connectivity index (χ1) is 7.26. The molecule has 1 rings (SSSR count). The van der Waals surface area contributed by atoms with E-state index in [1.54, 1.807) is 7.11 Å². The summed E-state index contributed by atoms with van der Waals surface area (Å²) in [4.78, 5) is 0. The van der Waals surface area contributed by atoms with Gasteiger partial charge in [0.2, 0.25) is 0 Å². The normalized spacial score (nSPS) is 9.47. The first-order valence-electron chi connectivity index (χ1n) is 4.84. The van der Waals surface area contributed by atoms with Crippen LogP contribution in [-0.2, 0) is 4.74 Å². The van der Waals surface area contributed by atoms with Crippen LogP contribution in [0.2, 0.25) is 0 Å². The number of hydrogen-bond acceptors (Lipinski definition) is 3. The third-order valence-electron chi connectivity index (χ3n) is 1.77. The van der Waals surface area contributed by atoms with Crippen molar-refractivity contribution in [3.63, 3.8) is 0 Å². The van der Waals surface area contributed by atoms with Crippen molar-refractivity contribution in [2.45, 2.75) is 13.3 Å². The van der Waals surface area contributed by atoms with Crippen molar-refractivity contribution in [1.29, 1.82) is 0 Å². The van der Waals surface area contributed by atoms with Crippen LogP contribution in [0.3, 0.4) is 0 Å². The summed E-state index contributed by atoms with van der Waals surface area (Å²) in [5, 5.41) is 3.39. The van der Waals surface area contributed by atoms with Gasteiger partial charge in [-0.15, -0.1) is 0 Å². The smallest absolute Gasteiger partial charge is 0.261 e. The molecule has 1 N–H and O–H groups in total. The summed E-state index contributed by atoms with van der Waals surface area (Å²) in [6.45, 7) is 2.68. The molecular weight excluding hydrogens is 210 g/mol. The molecule has 82 valence electrons. The molecule has 0 aliphatic rings. The van der Waals surface area contributed by atoms with Crippen LogP contribution >= 0.6 is 12.2 Å². The summed E-state index contributed by atoms with van der Waals surface area (Å²) >= 11 is 5.00. The van der Waals surface area contributed by atoms with E-state index in [1.807, 2.05) is 31.2 Å². The summed E-state index contributed by atoms with van der Waals surface area (Å²) in [5.41, 5.74) is 0.900. The molecule has 0 unspecified atom stereocenters. The van der Waals surface area contributed by atoms with E-state index in [1.165, 1.54) is 0 Å². The highest BCUT2D eigenvalue weighted by Crippen LogP contribution is 2.15. The van der Waals surface area contributed by atoms with Crippen LogP contribution in [0.5, 0.6) is 5.75 Å². The number of thiocarbonyl (C=S) groups is 1. The van der Waals surface area contributed by atoms with Crippen molar-refractivity contribution in [2.75, 3.05) is 19.0 Å². The molecule has 0 fully saturated rings. The van der Waals surface area contributed by atoms with Crippen LogP contribution < -0.4 is 10.1 Å². The fraction of sp³-hybridized carbons (Fsp3) is 0.364. The third kappa shape index (κ3) is 4.16. The van der Waals surface area contributed by atoms with Gasteiger partial charge in [0.1, 0.15) is 5.75 Å². The van der Waals surface area contributed by atoms with Gasteiger partial charge >= 0.3 is 0 Å². The summed E-state index contributed by atoms with van der Waals surface area (Å²) < 4.78 is 10.3. The molecule has 0 aliphatic carbocycles. The second kappa shape index (κ2) is 6.24. The van der Waals surface area contributed by atoms with Crippen LogP contribution in [0.25, 0.3) is 0 Å². The quantitative estimate of drug-likeness (QED) is 0.798. The van der Waals surface area contributed by atoms with E-state index in [0.717, 1.165) is 17.9 Å². The maximum atomic E-state index is 5.24. The maximum Gasteiger partial charge on any atom is 0.261 e. The lowest BCUT2D eigenvalue weighted by Gasteiger charge is -2.09. The summed E-state index contributed by atoms with van der Waals surface area (Å²) in [7, 11) is 1.64. The lowest BCUT2D eigenvalue weighted by atomic mass is 10.3. The minimum atomic E-state index is 0.405. The summed E-state index contributed by atoms with van der Waals surface area (Å²) in [6.07, 6.45) is 0.949. The van der Waals surface area contributed by atoms with E-state index in [9.17, 15) is 0 Å². The Balaban J connectivity index is 2.46. The van der Waals surface area contributed by atoms with Gasteiger partial charge < -0.3 is 14.8 Å². The van der Waals surface area contributed by atoms with Gasteiger partial charge in [0, 0.05) is 5.69 Å². The standard InChI is InChI=1S/C11H15NO2S/c1-3-8-14-11(15)12-9-4-6-10(13-2)7-5-9/h4-7H,3,8H2,1-2H3,(H,12,15). The van der Waals surface area contributed by atoms with Crippen LogP contribution in [0.15, 0.2) is 24.3 Å². The monoisotopic (exact) mass is 225 g/mol. The number of benzene rings is 1. The SMILES string of the molecule is CCCOC(=S)Nc1ccc(OC)cc1. The average molecular weight is 225 g/mol. The lowest BCUT2D eigenvalue weighted by Crippen LogP contribution is -2.13. The molecule has 1 aromatic carbocycles. The summed E-state index contributed by atoms with van der Waals surface area (Å²) in [5.74, 6) is 0.820. The van der Waals surface area contributed by atoms with Crippen molar-refractivity contribution < 1.29 is 9.47 Å². The van der Waals surface area contributed by atoms with Crippen molar-refractivity contribution >= 4 is 23.1 Å². The molecule has 4 heteroatoms. The Bertz CT molecular complexity index is 311. The van der Waals surface area contributed by atoms with Gasteiger partial charge in [-0.25, -0.2) is 0 Å². The Kier molecular flexibility index (Phi) is 4.90. The zero-order valence-corrected chi connectivity index (χ0v) is 9.76. The van der Waals surface area contributed by atoms with E-state index in [4.69, 9.17) is 21.7 Å². The van der Waals surface area contributed by atoms with E-state index < -0.39 is 0 Å². The van der Waals surface area contributed by atoms with Gasteiger partial charge in [0.25, 0.3) is 5.17 Å². The molecule has 0 radical (unpaired) electrons. The molecule has 0 aliphatic heterocycles. The lowest BCUT2D eigenvalue weighted by molar-refractivity contribution is 0.312. The number of nitrogens with one attached hydrogen (secondary N) is 1. The predicted molar refractivity (Wildman–Crippen MR) is 65.5 cm³/mol. The fourth-order valence-electron chi connectivity index (χ4n) is 1.02. The second-order valence-corrected chi connectivity index (χ2v) is 3.36. The number of rotatable bonds is 4. The molecule has 15 heavy (non-hydrogen) atoms. The summed E-state index contributed by atoms with van der Waals surface area (Å²) in [6, 6.07) is 7.51. The zero-order chi connectivity index (χ0) is 11.1. The van der Waals surface area contributed by atoms with Gasteiger partial charge in [-0.1, -0.05) is 6.92 Å². The van der Waals surface area contributed by atoms with Crippen molar-refractivity contribution in [1.82, 2.24) is 0 Å². The predicted octanol–water partition coefficient (Wildman–Crippen LogP) is 2.82. The van der Waals surface area contributed by atoms with E-state index >= 15 is 0 Å². The molecular formula is C11H15NO2S. The number of hydrogen-bond donors (Lipinski definition) is 1. The first kappa shape index (κ1) is 11.8. The minimum absolute atomic E-state index is 0.405. The molecule has 0 heterocycles. The van der Waals surface area contributed by atoms with E-state index in [0.29, 0.717) is 11.8 Å². The van der Waals surface area contributed by atoms with Crippen molar-refractivity contribution in [3.05, 3.63) is 24.3 Å². The van der Waals surface area contributed by atoms with Crippen molar-refractivity contribution in [3.8, 4) is 5.75 Å². The fourth-order valence-corrected chi connectivity index (χ4v) is 1.22. The minimum Gasteiger partial charge on any atom is -0.497 e. The molecule has 1 aromatic rings. The van der Waals surface area contributed by atoms with Crippen LogP contribution in [0.1, 0.15) is 13.3 Å². The Labute approximate surface area is 95.4 Å². The highest BCUT2D eigenvalue weighted by molar-refractivity contribution is 7.80. The Morgan fingerprint density at radius 3 is 2.53 bits per heavy atom. The molecule has 0 atom stereocenters. The Morgan fingerprint density at radius 1 is 1.33 bits per heavy atom. The van der Waals surface area contributed by atoms with Gasteiger partial charge in [-0.3, -0.25) is 0 Å². The second-order valence-electron chi connectivity index (χ2n) is 2.99. The Hall–Kier alpha value is -1.29. The van der Waals surface area contributed by atoms with Crippen molar-refractivity contribution in [2.24, 2.45) is 0 Å². The third-order valence-corrected chi connectivity index (χ3v) is 1.99. The number of anilines is 1. The van der Waals surface area contributed by atoms with Crippen LogP contribution in [0.4, 0.5) is 5.69 Å². The molecule has 3 nitrogen and oxygen atoms in total. The van der Waals surface area contributed by atoms with Gasteiger partial charge in [0.15, 0.2) is 0 Å². The van der Waals surface area contributed by atoms with Gasteiger partial charge in [0.05, 0.1) is 13.7 Å². The average Bonchev–Trinajstić information content (AvgIpc) is 2.27.